The average molecular weight is 547 g/mol. The van der Waals surface area contributed by atoms with Crippen LogP contribution < -0.4 is 10.3 Å². The van der Waals surface area contributed by atoms with Crippen LogP contribution in [-0.4, -0.2) is 53.2 Å². The van der Waals surface area contributed by atoms with Gasteiger partial charge in [-0.05, 0) is 49.6 Å². The van der Waals surface area contributed by atoms with Crippen LogP contribution in [0, 0.1) is 5.92 Å². The van der Waals surface area contributed by atoms with Crippen LogP contribution in [0.15, 0.2) is 41.7 Å². The van der Waals surface area contributed by atoms with E-state index in [-0.39, 0.29) is 0 Å². The molecule has 3 aromatic rings. The second kappa shape index (κ2) is 10.6. The molecule has 31 heavy (non-hydrogen) atoms. The topological polar surface area (TPSA) is 55.5 Å². The minimum atomic E-state index is 0.290. The van der Waals surface area contributed by atoms with E-state index < -0.39 is 0 Å². The number of fused-ring (bicyclic) bond motifs is 1. The first kappa shape index (κ1) is 22.9. The molecule has 2 aromatic heterocycles. The van der Waals surface area contributed by atoms with Crippen molar-refractivity contribution in [1.82, 2.24) is 19.6 Å². The summed E-state index contributed by atoms with van der Waals surface area (Å²) in [5, 5.41) is 5.44. The zero-order valence-corrected chi connectivity index (χ0v) is 21.3. The molecule has 0 bridgehead atoms. The molecule has 0 unspecified atom stereocenters. The first-order valence-electron chi connectivity index (χ1n) is 10.9. The molecule has 0 atom stereocenters. The Morgan fingerprint density at radius 1 is 1.23 bits per heavy atom. The van der Waals surface area contributed by atoms with Crippen molar-refractivity contribution in [2.24, 2.45) is 5.92 Å². The van der Waals surface area contributed by atoms with Crippen LogP contribution in [0.5, 0.6) is 0 Å². The average Bonchev–Trinajstić information content (AvgIpc) is 3.18. The van der Waals surface area contributed by atoms with Crippen LogP contribution in [-0.2, 0) is 9.39 Å². The van der Waals surface area contributed by atoms with E-state index in [1.54, 1.807) is 11.8 Å². The number of rotatable bonds is 8. The van der Waals surface area contributed by atoms with Gasteiger partial charge in [-0.25, -0.2) is 4.98 Å². The van der Waals surface area contributed by atoms with Gasteiger partial charge >= 0.3 is 0 Å². The molecule has 2 heterocycles. The highest BCUT2D eigenvalue weighted by atomic mass is 127. The van der Waals surface area contributed by atoms with Crippen molar-refractivity contribution < 1.29 is 3.07 Å². The number of aromatic nitrogens is 4. The Morgan fingerprint density at radius 2 is 1.97 bits per heavy atom. The van der Waals surface area contributed by atoms with E-state index in [1.807, 2.05) is 40.0 Å². The van der Waals surface area contributed by atoms with Crippen LogP contribution in [0.4, 0.5) is 5.95 Å². The lowest BCUT2D eigenvalue weighted by atomic mass is 9.57. The Kier molecular flexibility index (Phi) is 7.81. The van der Waals surface area contributed by atoms with E-state index in [0.717, 1.165) is 47.9 Å². The van der Waals surface area contributed by atoms with Crippen LogP contribution in [0.3, 0.4) is 0 Å². The van der Waals surface area contributed by atoms with Gasteiger partial charge in [-0.1, -0.05) is 54.5 Å². The minimum absolute atomic E-state index is 0.290. The standard InChI is InChI=1S/C21H28B2IN5OS/c1-23(12-15-6-4-3-5-7-15)28(14-16-8-10-17(30-24)11-9-16)21-27-20(31-2)26-19-18(22)13-25-29(19)21/h3-7,13,16-17H,8-12,14,22H2,1-2H3. The fourth-order valence-electron chi connectivity index (χ4n) is 4.44. The van der Waals surface area contributed by atoms with Crippen LogP contribution in [0.1, 0.15) is 31.2 Å². The summed E-state index contributed by atoms with van der Waals surface area (Å²) >= 11 is 3.63. The number of halogens is 1. The molecule has 1 aliphatic carbocycles. The van der Waals surface area contributed by atoms with E-state index in [4.69, 9.17) is 13.0 Å². The zero-order chi connectivity index (χ0) is 21.8. The summed E-state index contributed by atoms with van der Waals surface area (Å²) in [5.74, 6) is 1.53. The summed E-state index contributed by atoms with van der Waals surface area (Å²) in [5.41, 5.74) is 3.32. The molecule has 1 saturated carbocycles. The van der Waals surface area contributed by atoms with Crippen LogP contribution in [0.25, 0.3) is 5.65 Å². The number of nitrogens with zero attached hydrogens (tertiary/aromatic N) is 5. The van der Waals surface area contributed by atoms with Gasteiger partial charge in [0.25, 0.3) is 6.85 Å². The number of hydrogen-bond donors (Lipinski definition) is 0. The summed E-state index contributed by atoms with van der Waals surface area (Å²) in [6.45, 7) is 3.56. The summed E-state index contributed by atoms with van der Waals surface area (Å²) in [7, 11) is 2.06. The van der Waals surface area contributed by atoms with Gasteiger partial charge in [0.15, 0.2) is 10.8 Å². The molecular formula is C21H28B2IN5OS. The molecule has 1 aromatic carbocycles. The van der Waals surface area contributed by atoms with Gasteiger partial charge in [-0.2, -0.15) is 14.6 Å². The van der Waals surface area contributed by atoms with Crippen molar-refractivity contribution in [3.05, 3.63) is 42.1 Å². The smallest absolute Gasteiger partial charge is 0.259 e. The number of benzene rings is 1. The van der Waals surface area contributed by atoms with E-state index in [2.05, 4.69) is 54.9 Å². The summed E-state index contributed by atoms with van der Waals surface area (Å²) in [6.07, 6.45) is 9.91. The van der Waals surface area contributed by atoms with Gasteiger partial charge in [-0.3, -0.25) is 0 Å². The van der Waals surface area contributed by atoms with Gasteiger partial charge < -0.3 is 7.88 Å². The van der Waals surface area contributed by atoms with Crippen LogP contribution >= 0.6 is 34.8 Å². The third-order valence-electron chi connectivity index (χ3n) is 6.23. The molecule has 0 N–H and O–H groups in total. The zero-order valence-electron chi connectivity index (χ0n) is 18.4. The first-order chi connectivity index (χ1) is 15.1. The first-order valence-corrected chi connectivity index (χ1v) is 13.0. The van der Waals surface area contributed by atoms with E-state index in [0.29, 0.717) is 18.9 Å². The monoisotopic (exact) mass is 547 g/mol. The van der Waals surface area contributed by atoms with Crippen molar-refractivity contribution in [1.29, 1.82) is 0 Å². The Morgan fingerprint density at radius 3 is 2.65 bits per heavy atom. The largest absolute Gasteiger partial charge is 0.384 e. The lowest BCUT2D eigenvalue weighted by molar-refractivity contribution is 0.182. The quantitative estimate of drug-likeness (QED) is 0.246. The third kappa shape index (κ3) is 5.39. The fraction of sp³-hybridized carbons (Fsp3) is 0.476. The van der Waals surface area contributed by atoms with Crippen molar-refractivity contribution >= 4 is 66.5 Å². The van der Waals surface area contributed by atoms with E-state index in [9.17, 15) is 0 Å². The van der Waals surface area contributed by atoms with Crippen molar-refractivity contribution in [2.45, 2.75) is 50.1 Å². The molecule has 1 fully saturated rings. The lowest BCUT2D eigenvalue weighted by Crippen LogP contribution is -2.45. The predicted molar refractivity (Wildman–Crippen MR) is 141 cm³/mol. The summed E-state index contributed by atoms with van der Waals surface area (Å²) in [6, 6.07) is 10.7. The number of anilines is 1. The minimum Gasteiger partial charge on any atom is -0.384 e. The molecule has 1 aliphatic rings. The van der Waals surface area contributed by atoms with Gasteiger partial charge in [0.1, 0.15) is 30.9 Å². The molecule has 4 rings (SSSR count). The maximum Gasteiger partial charge on any atom is 0.259 e. The van der Waals surface area contributed by atoms with Crippen molar-refractivity contribution in [3.63, 3.8) is 0 Å². The van der Waals surface area contributed by atoms with E-state index in [1.165, 1.54) is 18.4 Å². The molecule has 0 amide bonds. The third-order valence-corrected chi connectivity index (χ3v) is 7.49. The molecule has 0 saturated heterocycles. The van der Waals surface area contributed by atoms with Gasteiger partial charge in [-0.15, -0.1) is 0 Å². The second-order valence-electron chi connectivity index (χ2n) is 8.50. The fourth-order valence-corrected chi connectivity index (χ4v) is 5.30. The van der Waals surface area contributed by atoms with Gasteiger partial charge in [0, 0.05) is 12.7 Å². The number of hydrogen-bond acceptors (Lipinski definition) is 6. The molecule has 162 valence electrons. The Hall–Kier alpha value is -1.26. The lowest BCUT2D eigenvalue weighted by Gasteiger charge is -2.35. The van der Waals surface area contributed by atoms with Crippen molar-refractivity contribution in [2.75, 3.05) is 17.6 Å². The molecular weight excluding hydrogens is 519 g/mol. The molecule has 0 radical (unpaired) electrons. The second-order valence-corrected chi connectivity index (χ2v) is 9.78. The molecule has 10 heteroatoms. The highest BCUT2D eigenvalue weighted by Gasteiger charge is 2.29. The van der Waals surface area contributed by atoms with Crippen LogP contribution in [0.2, 0.25) is 6.82 Å². The highest BCUT2D eigenvalue weighted by molar-refractivity contribution is 14.1. The normalized spacial score (nSPS) is 18.9. The maximum absolute atomic E-state index is 5.57. The Bertz CT molecular complexity index is 1000. The summed E-state index contributed by atoms with van der Waals surface area (Å²) < 4.78 is 7.49. The highest BCUT2D eigenvalue weighted by Crippen LogP contribution is 2.30. The van der Waals surface area contributed by atoms with Gasteiger partial charge in [0.2, 0.25) is 5.95 Å². The predicted octanol–water partition coefficient (Wildman–Crippen LogP) is 3.24. The van der Waals surface area contributed by atoms with Gasteiger partial charge in [0.05, 0.1) is 6.10 Å². The van der Waals surface area contributed by atoms with E-state index >= 15 is 0 Å². The Balaban J connectivity index is 1.67. The maximum atomic E-state index is 5.57. The van der Waals surface area contributed by atoms with Crippen molar-refractivity contribution in [3.8, 4) is 0 Å². The SMILES string of the molecule is Bc1cnn2c(N(CC3CCC(OI)CC3)B(C)Cc3ccccc3)nc(SC)nc12. The molecule has 0 spiro atoms. The number of thioether (sulfide) groups is 1. The Labute approximate surface area is 204 Å². The molecule has 0 aliphatic heterocycles. The molecule has 6 nitrogen and oxygen atoms in total. The summed E-state index contributed by atoms with van der Waals surface area (Å²) in [4.78, 5) is 12.1.